The molecule has 0 aliphatic carbocycles. The van der Waals surface area contributed by atoms with Crippen LogP contribution in [0.15, 0.2) is 18.3 Å². The average molecular weight is 212 g/mol. The van der Waals surface area contributed by atoms with Crippen molar-refractivity contribution in [3.05, 3.63) is 29.6 Å². The number of nitrogens with zero attached hydrogens (tertiary/aromatic N) is 1. The van der Waals surface area contributed by atoms with Crippen LogP contribution in [0.2, 0.25) is 0 Å². The van der Waals surface area contributed by atoms with E-state index in [0.717, 1.165) is 0 Å². The molecule has 0 radical (unpaired) electrons. The second-order valence-electron chi connectivity index (χ2n) is 3.02. The van der Waals surface area contributed by atoms with Gasteiger partial charge < -0.3 is 21.1 Å². The first-order chi connectivity index (χ1) is 7.06. The first-order valence-corrected chi connectivity index (χ1v) is 4.31. The van der Waals surface area contributed by atoms with Gasteiger partial charge >= 0.3 is 5.97 Å². The molecule has 6 heteroatoms. The lowest BCUT2D eigenvalue weighted by atomic mass is 10.1. The van der Waals surface area contributed by atoms with Crippen molar-refractivity contribution in [2.24, 2.45) is 5.73 Å². The summed E-state index contributed by atoms with van der Waals surface area (Å²) < 4.78 is 0. The van der Waals surface area contributed by atoms with Crippen LogP contribution in [0.3, 0.4) is 0 Å². The van der Waals surface area contributed by atoms with Gasteiger partial charge in [0.15, 0.2) is 0 Å². The van der Waals surface area contributed by atoms with Crippen LogP contribution in [0.1, 0.15) is 22.2 Å². The van der Waals surface area contributed by atoms with E-state index >= 15 is 0 Å². The Morgan fingerprint density at radius 1 is 1.53 bits per heavy atom. The van der Waals surface area contributed by atoms with Crippen LogP contribution in [-0.2, 0) is 0 Å². The first-order valence-electron chi connectivity index (χ1n) is 4.31. The van der Waals surface area contributed by atoms with Gasteiger partial charge in [0, 0.05) is 12.7 Å². The molecule has 0 spiro atoms. The minimum absolute atomic E-state index is 0.00303. The molecule has 0 saturated heterocycles. The van der Waals surface area contributed by atoms with E-state index in [4.69, 9.17) is 10.8 Å². The summed E-state index contributed by atoms with van der Waals surface area (Å²) in [6.45, 7) is -0.125. The van der Waals surface area contributed by atoms with Crippen molar-refractivity contribution in [2.45, 2.75) is 12.2 Å². The number of aliphatic hydroxyl groups is 2. The van der Waals surface area contributed by atoms with E-state index in [2.05, 4.69) is 4.98 Å². The predicted molar refractivity (Wildman–Crippen MR) is 51.2 cm³/mol. The van der Waals surface area contributed by atoms with E-state index in [-0.39, 0.29) is 17.8 Å². The van der Waals surface area contributed by atoms with Gasteiger partial charge in [-0.15, -0.1) is 0 Å². The molecule has 0 aliphatic heterocycles. The highest BCUT2D eigenvalue weighted by Crippen LogP contribution is 2.15. The zero-order valence-electron chi connectivity index (χ0n) is 7.87. The molecule has 15 heavy (non-hydrogen) atoms. The summed E-state index contributed by atoms with van der Waals surface area (Å²) in [6, 6.07) is 2.50. The van der Waals surface area contributed by atoms with Gasteiger partial charge in [-0.05, 0) is 12.1 Å². The van der Waals surface area contributed by atoms with Crippen molar-refractivity contribution in [1.82, 2.24) is 4.98 Å². The average Bonchev–Trinajstić information content (AvgIpc) is 2.27. The second-order valence-corrected chi connectivity index (χ2v) is 3.02. The fraction of sp³-hybridized carbons (Fsp3) is 0.333. The van der Waals surface area contributed by atoms with Crippen molar-refractivity contribution in [3.63, 3.8) is 0 Å². The Labute approximate surface area is 86.0 Å². The van der Waals surface area contributed by atoms with E-state index in [1.54, 1.807) is 0 Å². The molecule has 0 aromatic carbocycles. The number of nitrogens with two attached hydrogens (primary N) is 1. The van der Waals surface area contributed by atoms with Gasteiger partial charge in [-0.1, -0.05) is 0 Å². The lowest BCUT2D eigenvalue weighted by Gasteiger charge is -2.15. The van der Waals surface area contributed by atoms with Crippen LogP contribution < -0.4 is 5.73 Å². The van der Waals surface area contributed by atoms with E-state index in [9.17, 15) is 15.0 Å². The number of aromatic nitrogens is 1. The second kappa shape index (κ2) is 4.83. The normalized spacial score (nSPS) is 14.6. The number of carbonyl (C=O) groups is 1. The highest BCUT2D eigenvalue weighted by molar-refractivity contribution is 5.87. The van der Waals surface area contributed by atoms with Crippen molar-refractivity contribution in [3.8, 4) is 0 Å². The Morgan fingerprint density at radius 3 is 2.73 bits per heavy atom. The van der Waals surface area contributed by atoms with Crippen molar-refractivity contribution in [2.75, 3.05) is 6.54 Å². The van der Waals surface area contributed by atoms with Crippen LogP contribution in [0.25, 0.3) is 0 Å². The maximum atomic E-state index is 10.6. The highest BCUT2D eigenvalue weighted by Gasteiger charge is 2.19. The molecule has 0 fully saturated rings. The third-order valence-electron chi connectivity index (χ3n) is 1.94. The molecule has 1 heterocycles. The first kappa shape index (κ1) is 11.6. The fourth-order valence-electron chi connectivity index (χ4n) is 1.07. The molecule has 1 aromatic heterocycles. The van der Waals surface area contributed by atoms with Crippen LogP contribution >= 0.6 is 0 Å². The molecule has 2 atom stereocenters. The van der Waals surface area contributed by atoms with Gasteiger partial charge in [0.25, 0.3) is 0 Å². The minimum atomic E-state index is -1.27. The lowest BCUT2D eigenvalue weighted by Crippen LogP contribution is -2.27. The monoisotopic (exact) mass is 212 g/mol. The number of carboxylic acid groups (broad SMARTS) is 1. The molecule has 0 bridgehead atoms. The highest BCUT2D eigenvalue weighted by atomic mass is 16.4. The summed E-state index contributed by atoms with van der Waals surface area (Å²) in [7, 11) is 0. The Kier molecular flexibility index (Phi) is 3.73. The van der Waals surface area contributed by atoms with Gasteiger partial charge in [0.1, 0.15) is 6.10 Å². The number of carboxylic acids is 1. The fourth-order valence-corrected chi connectivity index (χ4v) is 1.07. The number of aliphatic hydroxyl groups excluding tert-OH is 2. The minimum Gasteiger partial charge on any atom is -0.478 e. The van der Waals surface area contributed by atoms with Crippen LogP contribution in [0, 0.1) is 0 Å². The summed E-state index contributed by atoms with van der Waals surface area (Å²) in [5.41, 5.74) is 5.25. The predicted octanol–water partition coefficient (Wildman–Crippen LogP) is -0.867. The summed E-state index contributed by atoms with van der Waals surface area (Å²) >= 11 is 0. The van der Waals surface area contributed by atoms with E-state index in [0.29, 0.717) is 0 Å². The third-order valence-corrected chi connectivity index (χ3v) is 1.94. The van der Waals surface area contributed by atoms with Gasteiger partial charge in [-0.25, -0.2) is 4.79 Å². The number of hydrogen-bond donors (Lipinski definition) is 4. The van der Waals surface area contributed by atoms with E-state index in [1.165, 1.54) is 18.3 Å². The largest absolute Gasteiger partial charge is 0.478 e. The van der Waals surface area contributed by atoms with Gasteiger partial charge in [0.2, 0.25) is 0 Å². The number of hydrogen-bond acceptors (Lipinski definition) is 5. The molecule has 1 rings (SSSR count). The quantitative estimate of drug-likeness (QED) is 0.515. The van der Waals surface area contributed by atoms with Crippen molar-refractivity contribution in [1.29, 1.82) is 0 Å². The molecular formula is C9H12N2O4. The summed E-state index contributed by atoms with van der Waals surface area (Å²) in [6.07, 6.45) is -1.17. The van der Waals surface area contributed by atoms with Crippen LogP contribution in [-0.4, -0.2) is 38.9 Å². The Bertz CT molecular complexity index is 356. The van der Waals surface area contributed by atoms with E-state index in [1.807, 2.05) is 0 Å². The molecule has 0 aliphatic rings. The number of aromatic carboxylic acids is 1. The summed E-state index contributed by atoms with van der Waals surface area (Å²) in [5, 5.41) is 27.4. The summed E-state index contributed by atoms with van der Waals surface area (Å²) in [5.74, 6) is -1.12. The third kappa shape index (κ3) is 2.72. The molecular weight excluding hydrogens is 200 g/mol. The Hall–Kier alpha value is -1.50. The molecule has 0 saturated carbocycles. The molecule has 5 N–H and O–H groups in total. The van der Waals surface area contributed by atoms with Crippen LogP contribution in [0.5, 0.6) is 0 Å². The van der Waals surface area contributed by atoms with Gasteiger partial charge in [-0.3, -0.25) is 4.98 Å². The molecule has 1 aromatic rings. The van der Waals surface area contributed by atoms with Crippen LogP contribution in [0.4, 0.5) is 0 Å². The Morgan fingerprint density at radius 2 is 2.20 bits per heavy atom. The zero-order chi connectivity index (χ0) is 11.4. The Balaban J connectivity index is 2.94. The maximum Gasteiger partial charge on any atom is 0.335 e. The standard InChI is InChI=1S/C9H12N2O4/c10-4-7(12)8(13)6-3-5(9(14)15)1-2-11-6/h1-3,7-8,12-13H,4,10H2,(H,14,15). The summed E-state index contributed by atoms with van der Waals surface area (Å²) in [4.78, 5) is 14.4. The smallest absolute Gasteiger partial charge is 0.335 e. The SMILES string of the molecule is NCC(O)C(O)c1cc(C(=O)O)ccn1. The molecule has 2 unspecified atom stereocenters. The van der Waals surface area contributed by atoms with Gasteiger partial charge in [0.05, 0.1) is 17.4 Å². The topological polar surface area (TPSA) is 117 Å². The van der Waals surface area contributed by atoms with E-state index < -0.39 is 18.2 Å². The number of rotatable bonds is 4. The van der Waals surface area contributed by atoms with Crippen molar-refractivity contribution < 1.29 is 20.1 Å². The zero-order valence-corrected chi connectivity index (χ0v) is 7.87. The molecule has 0 amide bonds. The lowest BCUT2D eigenvalue weighted by molar-refractivity contribution is 0.0216. The van der Waals surface area contributed by atoms with Gasteiger partial charge in [-0.2, -0.15) is 0 Å². The molecule has 82 valence electrons. The number of pyridine rings is 1. The van der Waals surface area contributed by atoms with Crippen molar-refractivity contribution >= 4 is 5.97 Å². The molecule has 6 nitrogen and oxygen atoms in total. The maximum absolute atomic E-state index is 10.6.